The molecule has 1 N–H and O–H groups in total. The molecule has 204 valence electrons. The van der Waals surface area contributed by atoms with Crippen molar-refractivity contribution in [3.63, 3.8) is 0 Å². The highest BCUT2D eigenvalue weighted by Gasteiger charge is 2.46. The molecule has 0 aliphatic carbocycles. The minimum atomic E-state index is -0.794. The van der Waals surface area contributed by atoms with Gasteiger partial charge in [0.25, 0.3) is 11.7 Å². The molecule has 1 aliphatic rings. The van der Waals surface area contributed by atoms with Crippen molar-refractivity contribution in [2.45, 2.75) is 33.4 Å². The van der Waals surface area contributed by atoms with Gasteiger partial charge in [0.2, 0.25) is 0 Å². The number of hydrogen-bond donors (Lipinski definition) is 1. The molecular formula is C32H35NO6. The summed E-state index contributed by atoms with van der Waals surface area (Å²) in [4.78, 5) is 27.9. The fourth-order valence-electron chi connectivity index (χ4n) is 4.53. The normalized spacial score (nSPS) is 16.6. The Morgan fingerprint density at radius 3 is 2.44 bits per heavy atom. The second-order valence-corrected chi connectivity index (χ2v) is 10.0. The number of amides is 1. The molecule has 0 radical (unpaired) electrons. The second kappa shape index (κ2) is 12.6. The summed E-state index contributed by atoms with van der Waals surface area (Å²) >= 11 is 0. The quantitative estimate of drug-likeness (QED) is 0.196. The molecule has 1 amide bonds. The van der Waals surface area contributed by atoms with E-state index in [1.54, 1.807) is 24.3 Å². The van der Waals surface area contributed by atoms with Crippen molar-refractivity contribution in [3.05, 3.63) is 101 Å². The highest BCUT2D eigenvalue weighted by Crippen LogP contribution is 2.40. The maximum Gasteiger partial charge on any atom is 0.295 e. The van der Waals surface area contributed by atoms with Gasteiger partial charge in [-0.25, -0.2) is 0 Å². The van der Waals surface area contributed by atoms with Crippen molar-refractivity contribution in [2.75, 3.05) is 26.9 Å². The maximum atomic E-state index is 13.3. The van der Waals surface area contributed by atoms with Crippen molar-refractivity contribution in [2.24, 2.45) is 5.92 Å². The Kier molecular flexibility index (Phi) is 9.04. The number of aryl methyl sites for hydroxylation is 1. The van der Waals surface area contributed by atoms with Gasteiger partial charge in [-0.3, -0.25) is 9.59 Å². The van der Waals surface area contributed by atoms with E-state index in [1.807, 2.05) is 55.5 Å². The van der Waals surface area contributed by atoms with E-state index in [-0.39, 0.29) is 24.5 Å². The Hall–Kier alpha value is -4.10. The van der Waals surface area contributed by atoms with Crippen LogP contribution in [-0.2, 0) is 20.9 Å². The number of benzene rings is 3. The van der Waals surface area contributed by atoms with E-state index in [1.165, 1.54) is 12.0 Å². The van der Waals surface area contributed by atoms with Crippen molar-refractivity contribution in [3.8, 4) is 11.5 Å². The molecule has 4 rings (SSSR count). The Morgan fingerprint density at radius 1 is 0.974 bits per heavy atom. The molecule has 1 unspecified atom stereocenters. The van der Waals surface area contributed by atoms with Gasteiger partial charge in [0.1, 0.15) is 23.9 Å². The summed E-state index contributed by atoms with van der Waals surface area (Å²) in [5.74, 6) is 0.0296. The number of hydrogen-bond acceptors (Lipinski definition) is 6. The zero-order valence-corrected chi connectivity index (χ0v) is 22.8. The van der Waals surface area contributed by atoms with Crippen LogP contribution in [0.4, 0.5) is 0 Å². The predicted molar refractivity (Wildman–Crippen MR) is 150 cm³/mol. The molecular weight excluding hydrogens is 494 g/mol. The molecule has 3 aromatic carbocycles. The highest BCUT2D eigenvalue weighted by atomic mass is 16.5. The van der Waals surface area contributed by atoms with E-state index in [2.05, 4.69) is 13.8 Å². The smallest absolute Gasteiger partial charge is 0.295 e. The largest absolute Gasteiger partial charge is 0.507 e. The van der Waals surface area contributed by atoms with Gasteiger partial charge in [0.15, 0.2) is 0 Å². The molecule has 0 bridgehead atoms. The van der Waals surface area contributed by atoms with E-state index in [0.717, 1.165) is 11.1 Å². The number of ether oxygens (including phenoxy) is 3. The lowest BCUT2D eigenvalue weighted by Crippen LogP contribution is -2.32. The Labute approximate surface area is 229 Å². The summed E-state index contributed by atoms with van der Waals surface area (Å²) in [5.41, 5.74) is 2.97. The summed E-state index contributed by atoms with van der Waals surface area (Å²) in [6.45, 7) is 7.40. The molecule has 1 fully saturated rings. The van der Waals surface area contributed by atoms with Crippen molar-refractivity contribution >= 4 is 17.4 Å². The predicted octanol–water partition coefficient (Wildman–Crippen LogP) is 5.68. The summed E-state index contributed by atoms with van der Waals surface area (Å²) in [7, 11) is 1.54. The van der Waals surface area contributed by atoms with Crippen LogP contribution in [-0.4, -0.2) is 48.6 Å². The van der Waals surface area contributed by atoms with Gasteiger partial charge in [-0.1, -0.05) is 56.3 Å². The van der Waals surface area contributed by atoms with Crippen LogP contribution >= 0.6 is 0 Å². The molecule has 1 aliphatic heterocycles. The molecule has 39 heavy (non-hydrogen) atoms. The summed E-state index contributed by atoms with van der Waals surface area (Å²) in [5, 5.41) is 11.4. The first-order valence-corrected chi connectivity index (χ1v) is 13.1. The van der Waals surface area contributed by atoms with Gasteiger partial charge in [0, 0.05) is 19.2 Å². The third-order valence-electron chi connectivity index (χ3n) is 6.52. The van der Waals surface area contributed by atoms with E-state index in [4.69, 9.17) is 14.2 Å². The van der Waals surface area contributed by atoms with Crippen LogP contribution in [0.5, 0.6) is 11.5 Å². The standard InChI is InChI=1S/C32H35NO6/c1-21(2)19-39-27-14-13-25(17-22(27)3)30(34)28-29(33(15-16-37-4)32(36)31(28)35)24-11-8-12-26(18-24)38-20-23-9-6-5-7-10-23/h5-14,17-18,21,29,34H,15-16,19-20H2,1-4H3/b30-28+. The molecule has 7 heteroatoms. The number of likely N-dealkylation sites (tertiary alicyclic amines) is 1. The number of ketones is 1. The van der Waals surface area contributed by atoms with Crippen molar-refractivity contribution < 1.29 is 28.9 Å². The zero-order chi connectivity index (χ0) is 27.9. The molecule has 1 saturated heterocycles. The van der Waals surface area contributed by atoms with Crippen LogP contribution in [0.2, 0.25) is 0 Å². The first-order valence-electron chi connectivity index (χ1n) is 13.1. The minimum Gasteiger partial charge on any atom is -0.507 e. The number of methoxy groups -OCH3 is 1. The average Bonchev–Trinajstić information content (AvgIpc) is 3.19. The molecule has 1 atom stereocenters. The third-order valence-corrected chi connectivity index (χ3v) is 6.52. The SMILES string of the molecule is COCCN1C(=O)C(=O)/C(=C(/O)c2ccc(OCC(C)C)c(C)c2)C1c1cccc(OCc2ccccc2)c1. The summed E-state index contributed by atoms with van der Waals surface area (Å²) in [6, 6.07) is 21.5. The lowest BCUT2D eigenvalue weighted by atomic mass is 9.94. The van der Waals surface area contributed by atoms with Gasteiger partial charge in [0.05, 0.1) is 24.8 Å². The van der Waals surface area contributed by atoms with E-state index >= 15 is 0 Å². The van der Waals surface area contributed by atoms with Crippen LogP contribution in [0, 0.1) is 12.8 Å². The number of rotatable bonds is 11. The fraction of sp³-hybridized carbons (Fsp3) is 0.312. The lowest BCUT2D eigenvalue weighted by Gasteiger charge is -2.25. The molecule has 3 aromatic rings. The van der Waals surface area contributed by atoms with Gasteiger partial charge in [-0.15, -0.1) is 0 Å². The van der Waals surface area contributed by atoms with Crippen molar-refractivity contribution in [1.82, 2.24) is 4.90 Å². The monoisotopic (exact) mass is 529 g/mol. The van der Waals surface area contributed by atoms with Gasteiger partial charge in [-0.05, 0) is 59.9 Å². The van der Waals surface area contributed by atoms with Crippen LogP contribution in [0.1, 0.15) is 42.1 Å². The Morgan fingerprint density at radius 2 is 1.74 bits per heavy atom. The minimum absolute atomic E-state index is 0.0339. The Bertz CT molecular complexity index is 1350. The first kappa shape index (κ1) is 27.9. The van der Waals surface area contributed by atoms with E-state index < -0.39 is 17.7 Å². The zero-order valence-electron chi connectivity index (χ0n) is 22.8. The number of aliphatic hydroxyl groups is 1. The lowest BCUT2D eigenvalue weighted by molar-refractivity contribution is -0.140. The van der Waals surface area contributed by atoms with Crippen LogP contribution in [0.15, 0.2) is 78.4 Å². The fourth-order valence-corrected chi connectivity index (χ4v) is 4.53. The summed E-state index contributed by atoms with van der Waals surface area (Å²) < 4.78 is 17.1. The second-order valence-electron chi connectivity index (χ2n) is 10.0. The number of carbonyl (C=O) groups excluding carboxylic acids is 2. The third kappa shape index (κ3) is 6.49. The van der Waals surface area contributed by atoms with Gasteiger partial charge in [-0.2, -0.15) is 0 Å². The highest BCUT2D eigenvalue weighted by molar-refractivity contribution is 6.46. The molecule has 0 saturated carbocycles. The number of Topliss-reactive ketones (excluding diaryl/α,β-unsaturated/α-hetero) is 1. The topological polar surface area (TPSA) is 85.3 Å². The van der Waals surface area contributed by atoms with Gasteiger partial charge >= 0.3 is 0 Å². The van der Waals surface area contributed by atoms with Crippen LogP contribution in [0.3, 0.4) is 0 Å². The van der Waals surface area contributed by atoms with E-state index in [9.17, 15) is 14.7 Å². The first-order chi connectivity index (χ1) is 18.8. The summed E-state index contributed by atoms with van der Waals surface area (Å²) in [6.07, 6.45) is 0. The molecule has 1 heterocycles. The van der Waals surface area contributed by atoms with Crippen LogP contribution < -0.4 is 9.47 Å². The number of carbonyl (C=O) groups is 2. The number of aliphatic hydroxyl groups excluding tert-OH is 1. The van der Waals surface area contributed by atoms with Crippen LogP contribution in [0.25, 0.3) is 5.76 Å². The van der Waals surface area contributed by atoms with Gasteiger partial charge < -0.3 is 24.2 Å². The molecule has 0 aromatic heterocycles. The Balaban J connectivity index is 1.71. The number of nitrogens with zero attached hydrogens (tertiary/aromatic N) is 1. The van der Waals surface area contributed by atoms with Crippen molar-refractivity contribution in [1.29, 1.82) is 0 Å². The maximum absolute atomic E-state index is 13.3. The molecule has 7 nitrogen and oxygen atoms in total. The average molecular weight is 530 g/mol. The molecule has 0 spiro atoms. The van der Waals surface area contributed by atoms with E-state index in [0.29, 0.717) is 41.8 Å².